The first-order valence-electron chi connectivity index (χ1n) is 4.35. The highest BCUT2D eigenvalue weighted by Crippen LogP contribution is 2.16. The lowest BCUT2D eigenvalue weighted by atomic mass is 10.3. The van der Waals surface area contributed by atoms with Gasteiger partial charge in [0.2, 0.25) is 5.69 Å². The van der Waals surface area contributed by atoms with E-state index >= 15 is 0 Å². The average molecular weight is 225 g/mol. The van der Waals surface area contributed by atoms with Crippen molar-refractivity contribution in [3.05, 3.63) is 22.0 Å². The van der Waals surface area contributed by atoms with Gasteiger partial charge in [-0.15, -0.1) is 0 Å². The van der Waals surface area contributed by atoms with E-state index in [0.717, 1.165) is 0 Å². The van der Waals surface area contributed by atoms with E-state index in [1.165, 1.54) is 24.3 Å². The Labute approximate surface area is 91.3 Å². The molecular formula is C8H11N5O3. The highest BCUT2D eigenvalue weighted by molar-refractivity contribution is 6.00. The van der Waals surface area contributed by atoms with Crippen LogP contribution in [0, 0.1) is 10.1 Å². The Morgan fingerprint density at radius 1 is 1.69 bits per heavy atom. The average Bonchev–Trinajstić information content (AvgIpc) is 2.56. The van der Waals surface area contributed by atoms with E-state index in [0.29, 0.717) is 0 Å². The number of amides is 1. The van der Waals surface area contributed by atoms with E-state index < -0.39 is 10.8 Å². The van der Waals surface area contributed by atoms with Gasteiger partial charge in [0, 0.05) is 21.1 Å². The van der Waals surface area contributed by atoms with Crippen LogP contribution in [0.25, 0.3) is 0 Å². The first-order chi connectivity index (χ1) is 7.41. The van der Waals surface area contributed by atoms with Gasteiger partial charge in [0.05, 0.1) is 11.3 Å². The van der Waals surface area contributed by atoms with Crippen molar-refractivity contribution in [2.75, 3.05) is 14.1 Å². The van der Waals surface area contributed by atoms with E-state index in [-0.39, 0.29) is 11.4 Å². The SMILES string of the molecule is CN(C)/C=N\C(=O)c1nn(C)cc1[N+](=O)[O-]. The fourth-order valence-electron chi connectivity index (χ4n) is 0.991. The van der Waals surface area contributed by atoms with Crippen molar-refractivity contribution in [1.82, 2.24) is 14.7 Å². The van der Waals surface area contributed by atoms with Crippen molar-refractivity contribution in [2.24, 2.45) is 12.0 Å². The second kappa shape index (κ2) is 4.51. The van der Waals surface area contributed by atoms with Gasteiger partial charge < -0.3 is 4.90 Å². The quantitative estimate of drug-likeness (QED) is 0.314. The zero-order valence-electron chi connectivity index (χ0n) is 9.12. The number of hydrogen-bond donors (Lipinski definition) is 0. The largest absolute Gasteiger partial charge is 0.369 e. The second-order valence-electron chi connectivity index (χ2n) is 3.31. The third-order valence-corrected chi connectivity index (χ3v) is 1.61. The summed E-state index contributed by atoms with van der Waals surface area (Å²) in [4.78, 5) is 26.5. The molecule has 1 heterocycles. The van der Waals surface area contributed by atoms with Gasteiger partial charge in [-0.2, -0.15) is 10.1 Å². The summed E-state index contributed by atoms with van der Waals surface area (Å²) in [5.41, 5.74) is -0.603. The Bertz CT molecular complexity index is 449. The molecule has 0 aliphatic carbocycles. The first-order valence-corrected chi connectivity index (χ1v) is 4.35. The molecule has 8 nitrogen and oxygen atoms in total. The molecule has 1 aromatic rings. The first kappa shape index (κ1) is 11.8. The molecule has 0 spiro atoms. The van der Waals surface area contributed by atoms with E-state index in [9.17, 15) is 14.9 Å². The van der Waals surface area contributed by atoms with Crippen LogP contribution in [0.1, 0.15) is 10.5 Å². The molecule has 0 fully saturated rings. The summed E-state index contributed by atoms with van der Waals surface area (Å²) in [7, 11) is 4.87. The maximum atomic E-state index is 11.5. The molecule has 0 unspecified atom stereocenters. The molecule has 0 aliphatic heterocycles. The summed E-state index contributed by atoms with van der Waals surface area (Å²) in [6, 6.07) is 0. The van der Waals surface area contributed by atoms with Crippen molar-refractivity contribution in [1.29, 1.82) is 0 Å². The van der Waals surface area contributed by atoms with Crippen molar-refractivity contribution in [2.45, 2.75) is 0 Å². The molecule has 0 N–H and O–H groups in total. The minimum atomic E-state index is -0.735. The summed E-state index contributed by atoms with van der Waals surface area (Å²) in [6.45, 7) is 0. The molecule has 0 aliphatic rings. The van der Waals surface area contributed by atoms with Crippen LogP contribution < -0.4 is 0 Å². The Kier molecular flexibility index (Phi) is 3.33. The molecule has 1 amide bonds. The number of aromatic nitrogens is 2. The molecule has 0 aromatic carbocycles. The number of aliphatic imine (C=N–C) groups is 1. The Morgan fingerprint density at radius 3 is 2.81 bits per heavy atom. The van der Waals surface area contributed by atoms with Crippen LogP contribution in [-0.2, 0) is 7.05 Å². The Morgan fingerprint density at radius 2 is 2.31 bits per heavy atom. The molecule has 0 saturated heterocycles. The van der Waals surface area contributed by atoms with Crippen LogP contribution in [0.2, 0.25) is 0 Å². The summed E-state index contributed by atoms with van der Waals surface area (Å²) >= 11 is 0. The second-order valence-corrected chi connectivity index (χ2v) is 3.31. The monoisotopic (exact) mass is 225 g/mol. The minimum Gasteiger partial charge on any atom is -0.369 e. The predicted molar refractivity (Wildman–Crippen MR) is 56.4 cm³/mol. The number of nitro groups is 1. The lowest BCUT2D eigenvalue weighted by Crippen LogP contribution is -2.10. The molecule has 0 bridgehead atoms. The Hall–Kier alpha value is -2.25. The smallest absolute Gasteiger partial charge is 0.320 e. The van der Waals surface area contributed by atoms with Crippen LogP contribution >= 0.6 is 0 Å². The molecule has 86 valence electrons. The molecule has 0 saturated carbocycles. The fourth-order valence-corrected chi connectivity index (χ4v) is 0.991. The highest BCUT2D eigenvalue weighted by atomic mass is 16.6. The van der Waals surface area contributed by atoms with E-state index in [2.05, 4.69) is 10.1 Å². The topological polar surface area (TPSA) is 93.6 Å². The normalized spacial score (nSPS) is 10.7. The number of nitrogens with zero attached hydrogens (tertiary/aromatic N) is 5. The van der Waals surface area contributed by atoms with E-state index in [1.54, 1.807) is 19.0 Å². The standard InChI is InChI=1S/C8H11N5O3/c1-11(2)5-9-8(14)7-6(13(15)16)4-12(3)10-7/h4-5H,1-3H3/b9-5-. The lowest BCUT2D eigenvalue weighted by Gasteiger charge is -2.00. The molecule has 1 rings (SSSR count). The van der Waals surface area contributed by atoms with Gasteiger partial charge in [0.25, 0.3) is 0 Å². The molecule has 0 radical (unpaired) electrons. The maximum absolute atomic E-state index is 11.5. The van der Waals surface area contributed by atoms with E-state index in [4.69, 9.17) is 0 Å². The van der Waals surface area contributed by atoms with Crippen LogP contribution in [0.15, 0.2) is 11.2 Å². The zero-order valence-corrected chi connectivity index (χ0v) is 9.12. The van der Waals surface area contributed by atoms with Gasteiger partial charge in [-0.3, -0.25) is 19.6 Å². The summed E-state index contributed by atoms with van der Waals surface area (Å²) < 4.78 is 1.20. The summed E-state index contributed by atoms with van der Waals surface area (Å²) in [6.07, 6.45) is 2.43. The summed E-state index contributed by atoms with van der Waals surface area (Å²) in [5.74, 6) is -0.735. The third kappa shape index (κ3) is 2.62. The van der Waals surface area contributed by atoms with Gasteiger partial charge in [-0.05, 0) is 0 Å². The number of carbonyl (C=O) groups is 1. The molecule has 0 atom stereocenters. The van der Waals surface area contributed by atoms with Crippen LogP contribution in [0.3, 0.4) is 0 Å². The predicted octanol–water partition coefficient (Wildman–Crippen LogP) is 0.0584. The molecule has 8 heteroatoms. The van der Waals surface area contributed by atoms with Gasteiger partial charge in [0.15, 0.2) is 0 Å². The molecular weight excluding hydrogens is 214 g/mol. The van der Waals surface area contributed by atoms with Gasteiger partial charge in [0.1, 0.15) is 6.20 Å². The summed E-state index contributed by atoms with van der Waals surface area (Å²) in [5, 5.41) is 14.3. The number of aryl methyl sites for hydroxylation is 1. The van der Waals surface area contributed by atoms with Crippen molar-refractivity contribution >= 4 is 17.9 Å². The third-order valence-electron chi connectivity index (χ3n) is 1.61. The highest BCUT2D eigenvalue weighted by Gasteiger charge is 2.24. The van der Waals surface area contributed by atoms with Crippen molar-refractivity contribution in [3.63, 3.8) is 0 Å². The van der Waals surface area contributed by atoms with Crippen LogP contribution in [0.4, 0.5) is 5.69 Å². The minimum absolute atomic E-state index is 0.259. The maximum Gasteiger partial charge on any atom is 0.320 e. The fraction of sp³-hybridized carbons (Fsp3) is 0.375. The number of carbonyl (C=O) groups excluding carboxylic acids is 1. The zero-order chi connectivity index (χ0) is 12.3. The number of rotatable bonds is 3. The molecule has 1 aromatic heterocycles. The van der Waals surface area contributed by atoms with Crippen LogP contribution in [-0.4, -0.2) is 45.9 Å². The van der Waals surface area contributed by atoms with Gasteiger partial charge >= 0.3 is 11.6 Å². The van der Waals surface area contributed by atoms with Crippen molar-refractivity contribution < 1.29 is 9.72 Å². The van der Waals surface area contributed by atoms with Gasteiger partial charge in [-0.25, -0.2) is 0 Å². The van der Waals surface area contributed by atoms with Crippen molar-refractivity contribution in [3.8, 4) is 0 Å². The lowest BCUT2D eigenvalue weighted by molar-refractivity contribution is -0.385. The Balaban J connectivity index is 3.04. The molecule has 16 heavy (non-hydrogen) atoms. The van der Waals surface area contributed by atoms with Crippen LogP contribution in [0.5, 0.6) is 0 Å². The number of hydrogen-bond acceptors (Lipinski definition) is 4. The van der Waals surface area contributed by atoms with Gasteiger partial charge in [-0.1, -0.05) is 0 Å². The van der Waals surface area contributed by atoms with E-state index in [1.807, 2.05) is 0 Å².